The van der Waals surface area contributed by atoms with Gasteiger partial charge in [-0.15, -0.1) is 11.3 Å². The van der Waals surface area contributed by atoms with E-state index in [9.17, 15) is 4.79 Å². The molecule has 3 nitrogen and oxygen atoms in total. The predicted molar refractivity (Wildman–Crippen MR) is 85.7 cm³/mol. The molecule has 2 rings (SSSR count). The fourth-order valence-corrected chi connectivity index (χ4v) is 2.95. The lowest BCUT2D eigenvalue weighted by Crippen LogP contribution is -2.36. The molecule has 1 heterocycles. The molecule has 0 aliphatic heterocycles. The summed E-state index contributed by atoms with van der Waals surface area (Å²) in [5.41, 5.74) is 0.978. The number of carbonyl (C=O) groups excluding carboxylic acids is 1. The summed E-state index contributed by atoms with van der Waals surface area (Å²) in [7, 11) is 0. The number of thiazole rings is 1. The lowest BCUT2D eigenvalue weighted by molar-refractivity contribution is -0.117. The molecule has 1 unspecified atom stereocenters. The number of hydrogen-bond acceptors (Lipinski definition) is 3. The largest absolute Gasteiger partial charge is 0.350 e. The van der Waals surface area contributed by atoms with Crippen molar-refractivity contribution >= 4 is 33.5 Å². The molecule has 106 valence electrons. The van der Waals surface area contributed by atoms with Crippen molar-refractivity contribution in [1.29, 1.82) is 0 Å². The van der Waals surface area contributed by atoms with Crippen molar-refractivity contribution < 1.29 is 4.79 Å². The quantitative estimate of drug-likeness (QED) is 0.849. The van der Waals surface area contributed by atoms with Gasteiger partial charge in [-0.1, -0.05) is 32.9 Å². The molecule has 20 heavy (non-hydrogen) atoms. The summed E-state index contributed by atoms with van der Waals surface area (Å²) >= 11 is 1.59. The van der Waals surface area contributed by atoms with Crippen LogP contribution in [0.4, 0.5) is 0 Å². The van der Waals surface area contributed by atoms with E-state index in [4.69, 9.17) is 0 Å². The maximum atomic E-state index is 11.9. The maximum absolute atomic E-state index is 11.9. The van der Waals surface area contributed by atoms with Gasteiger partial charge in [0.25, 0.3) is 0 Å². The smallest absolute Gasteiger partial charge is 0.244 e. The van der Waals surface area contributed by atoms with Crippen molar-refractivity contribution in [2.45, 2.75) is 33.2 Å². The number of nitrogens with one attached hydrogen (secondary N) is 1. The van der Waals surface area contributed by atoms with Gasteiger partial charge in [-0.25, -0.2) is 4.98 Å². The summed E-state index contributed by atoms with van der Waals surface area (Å²) < 4.78 is 1.14. The summed E-state index contributed by atoms with van der Waals surface area (Å²) in [6.45, 7) is 6.32. The Hall–Kier alpha value is -1.68. The second kappa shape index (κ2) is 6.66. The van der Waals surface area contributed by atoms with Crippen LogP contribution in [-0.4, -0.2) is 16.9 Å². The van der Waals surface area contributed by atoms with Crippen molar-refractivity contribution in [3.63, 3.8) is 0 Å². The number of carbonyl (C=O) groups is 1. The first kappa shape index (κ1) is 14.7. The maximum Gasteiger partial charge on any atom is 0.244 e. The van der Waals surface area contributed by atoms with Crippen LogP contribution >= 0.6 is 11.3 Å². The third-order valence-electron chi connectivity index (χ3n) is 3.26. The van der Waals surface area contributed by atoms with Gasteiger partial charge < -0.3 is 5.32 Å². The fraction of sp³-hybridized carbons (Fsp3) is 0.375. The van der Waals surface area contributed by atoms with Crippen LogP contribution < -0.4 is 5.32 Å². The molecule has 1 atom stereocenters. The van der Waals surface area contributed by atoms with Crippen LogP contribution in [0.1, 0.15) is 32.2 Å². The van der Waals surface area contributed by atoms with Gasteiger partial charge in [0.1, 0.15) is 5.01 Å². The van der Waals surface area contributed by atoms with Gasteiger partial charge in [-0.2, -0.15) is 0 Å². The lowest BCUT2D eigenvalue weighted by atomic mass is 10.0. The van der Waals surface area contributed by atoms with Gasteiger partial charge >= 0.3 is 0 Å². The van der Waals surface area contributed by atoms with E-state index in [0.717, 1.165) is 21.6 Å². The zero-order chi connectivity index (χ0) is 14.5. The summed E-state index contributed by atoms with van der Waals surface area (Å²) in [4.78, 5) is 16.4. The van der Waals surface area contributed by atoms with Crippen molar-refractivity contribution in [3.05, 3.63) is 35.3 Å². The number of rotatable bonds is 5. The lowest BCUT2D eigenvalue weighted by Gasteiger charge is -2.19. The molecule has 0 bridgehead atoms. The summed E-state index contributed by atoms with van der Waals surface area (Å²) in [6, 6.07) is 8.21. The highest BCUT2D eigenvalue weighted by Crippen LogP contribution is 2.22. The first-order chi connectivity index (χ1) is 9.60. The van der Waals surface area contributed by atoms with Gasteiger partial charge in [-0.05, 0) is 30.5 Å². The van der Waals surface area contributed by atoms with Crippen molar-refractivity contribution in [3.8, 4) is 0 Å². The number of aromatic nitrogens is 1. The highest BCUT2D eigenvalue weighted by molar-refractivity contribution is 7.19. The van der Waals surface area contributed by atoms with E-state index in [0.29, 0.717) is 5.92 Å². The second-order valence-corrected chi connectivity index (χ2v) is 6.18. The standard InChI is InChI=1S/C16H20N2OS/c1-4-12(11(2)3)17-15(19)9-10-16-18-13-7-5-6-8-14(13)20-16/h5-12H,4H2,1-3H3,(H,17,19)/b10-9+. The molecule has 1 aromatic heterocycles. The normalized spacial score (nSPS) is 13.2. The molecular formula is C16H20N2OS. The number of amides is 1. The molecule has 4 heteroatoms. The van der Waals surface area contributed by atoms with E-state index in [2.05, 4.69) is 31.1 Å². The summed E-state index contributed by atoms with van der Waals surface area (Å²) in [5.74, 6) is 0.393. The Bertz CT molecular complexity index is 583. The molecule has 1 amide bonds. The van der Waals surface area contributed by atoms with E-state index < -0.39 is 0 Å². The zero-order valence-electron chi connectivity index (χ0n) is 12.1. The molecule has 0 aliphatic rings. The molecule has 0 fully saturated rings. The van der Waals surface area contributed by atoms with Crippen LogP contribution in [0.25, 0.3) is 16.3 Å². The second-order valence-electron chi connectivity index (χ2n) is 5.12. The zero-order valence-corrected chi connectivity index (χ0v) is 12.9. The van der Waals surface area contributed by atoms with Gasteiger partial charge in [0, 0.05) is 12.1 Å². The molecule has 2 aromatic rings. The average Bonchev–Trinajstić information content (AvgIpc) is 2.85. The van der Waals surface area contributed by atoms with E-state index in [-0.39, 0.29) is 11.9 Å². The number of fused-ring (bicyclic) bond motifs is 1. The minimum atomic E-state index is -0.0511. The van der Waals surface area contributed by atoms with Crippen molar-refractivity contribution in [2.24, 2.45) is 5.92 Å². The van der Waals surface area contributed by atoms with Crippen LogP contribution in [0.5, 0.6) is 0 Å². The Kier molecular flexibility index (Phi) is 4.90. The van der Waals surface area contributed by atoms with Crippen molar-refractivity contribution in [2.75, 3.05) is 0 Å². The minimum absolute atomic E-state index is 0.0511. The predicted octanol–water partition coefficient (Wildman–Crippen LogP) is 3.86. The van der Waals surface area contributed by atoms with Crippen LogP contribution in [0.3, 0.4) is 0 Å². The molecule has 1 aromatic carbocycles. The highest BCUT2D eigenvalue weighted by atomic mass is 32.1. The third kappa shape index (κ3) is 3.67. The monoisotopic (exact) mass is 288 g/mol. The topological polar surface area (TPSA) is 42.0 Å². The van der Waals surface area contributed by atoms with Crippen molar-refractivity contribution in [1.82, 2.24) is 10.3 Å². The van der Waals surface area contributed by atoms with Crippen LogP contribution in [0.15, 0.2) is 30.3 Å². The Morgan fingerprint density at radius 1 is 1.40 bits per heavy atom. The van der Waals surface area contributed by atoms with Crippen LogP contribution in [0.2, 0.25) is 0 Å². The number of benzene rings is 1. The van der Waals surface area contributed by atoms with E-state index in [1.807, 2.05) is 24.3 Å². The van der Waals surface area contributed by atoms with E-state index >= 15 is 0 Å². The van der Waals surface area contributed by atoms with Gasteiger partial charge in [-0.3, -0.25) is 4.79 Å². The molecular weight excluding hydrogens is 268 g/mol. The number of nitrogens with zero attached hydrogens (tertiary/aromatic N) is 1. The Balaban J connectivity index is 2.03. The number of para-hydroxylation sites is 1. The first-order valence-electron chi connectivity index (χ1n) is 6.94. The first-order valence-corrected chi connectivity index (χ1v) is 7.76. The average molecular weight is 288 g/mol. The summed E-state index contributed by atoms with van der Waals surface area (Å²) in [6.07, 6.45) is 4.30. The Morgan fingerprint density at radius 2 is 2.15 bits per heavy atom. The SMILES string of the molecule is CCC(NC(=O)/C=C/c1nc2ccccc2s1)C(C)C. The molecule has 0 saturated carbocycles. The minimum Gasteiger partial charge on any atom is -0.350 e. The Labute approximate surface area is 123 Å². The van der Waals surface area contributed by atoms with Crippen LogP contribution in [-0.2, 0) is 4.79 Å². The Morgan fingerprint density at radius 3 is 2.80 bits per heavy atom. The van der Waals surface area contributed by atoms with Gasteiger partial charge in [0.05, 0.1) is 10.2 Å². The highest BCUT2D eigenvalue weighted by Gasteiger charge is 2.12. The molecule has 1 N–H and O–H groups in total. The van der Waals surface area contributed by atoms with Gasteiger partial charge in [0.15, 0.2) is 0 Å². The van der Waals surface area contributed by atoms with E-state index in [1.165, 1.54) is 0 Å². The third-order valence-corrected chi connectivity index (χ3v) is 4.26. The van der Waals surface area contributed by atoms with Crippen LogP contribution in [0, 0.1) is 5.92 Å². The molecule has 0 aliphatic carbocycles. The molecule has 0 radical (unpaired) electrons. The van der Waals surface area contributed by atoms with Gasteiger partial charge in [0.2, 0.25) is 5.91 Å². The molecule has 0 spiro atoms. The molecule has 0 saturated heterocycles. The van der Waals surface area contributed by atoms with E-state index in [1.54, 1.807) is 23.5 Å². The number of hydrogen-bond donors (Lipinski definition) is 1. The fourth-order valence-electron chi connectivity index (χ4n) is 2.08. The summed E-state index contributed by atoms with van der Waals surface area (Å²) in [5, 5.41) is 3.88.